The van der Waals surface area contributed by atoms with E-state index in [0.717, 1.165) is 13.0 Å². The summed E-state index contributed by atoms with van der Waals surface area (Å²) in [6.07, 6.45) is 7.70. The summed E-state index contributed by atoms with van der Waals surface area (Å²) in [5.74, 6) is 1.35. The number of hydrogen-bond donors (Lipinski definition) is 0. The van der Waals surface area contributed by atoms with Crippen LogP contribution in [0.3, 0.4) is 0 Å². The fourth-order valence-electron chi connectivity index (χ4n) is 2.36. The van der Waals surface area contributed by atoms with Crippen molar-refractivity contribution in [2.75, 3.05) is 13.6 Å². The van der Waals surface area contributed by atoms with Gasteiger partial charge in [-0.3, -0.25) is 4.79 Å². The lowest BCUT2D eigenvalue weighted by molar-refractivity contribution is -0.136. The van der Waals surface area contributed by atoms with Crippen LogP contribution in [0.2, 0.25) is 0 Å². The van der Waals surface area contributed by atoms with Crippen LogP contribution >= 0.6 is 0 Å². The van der Waals surface area contributed by atoms with Crippen LogP contribution < -0.4 is 0 Å². The molecule has 1 fully saturated rings. The van der Waals surface area contributed by atoms with E-state index in [1.807, 2.05) is 11.9 Å². The number of allylic oxidation sites excluding steroid dienone is 3. The minimum absolute atomic E-state index is 0.103. The monoisotopic (exact) mass is 205 g/mol. The fraction of sp³-hybridized carbons (Fsp3) is 0.615. The quantitative estimate of drug-likeness (QED) is 0.643. The minimum atomic E-state index is 0.103. The first-order valence-corrected chi connectivity index (χ1v) is 5.74. The molecular weight excluding hydrogens is 186 g/mol. The number of hydrogen-bond acceptors (Lipinski definition) is 1. The number of fused-ring (bicyclic) bond motifs is 1. The predicted octanol–water partition coefficient (Wildman–Crippen LogP) is 2.23. The SMILES string of the molecule is CC(C)C1=CC2C(=O)N(C)CCC2C=C1. The second-order valence-electron chi connectivity index (χ2n) is 4.92. The zero-order chi connectivity index (χ0) is 11.0. The number of amides is 1. The molecule has 0 aromatic carbocycles. The lowest BCUT2D eigenvalue weighted by Gasteiger charge is -2.35. The first-order chi connectivity index (χ1) is 7.09. The molecular formula is C13H19NO. The fourth-order valence-corrected chi connectivity index (χ4v) is 2.36. The highest BCUT2D eigenvalue weighted by molar-refractivity contribution is 5.82. The van der Waals surface area contributed by atoms with Gasteiger partial charge < -0.3 is 4.90 Å². The van der Waals surface area contributed by atoms with Crippen molar-refractivity contribution in [3.8, 4) is 0 Å². The van der Waals surface area contributed by atoms with Crippen LogP contribution in [0.1, 0.15) is 20.3 Å². The normalized spacial score (nSPS) is 30.5. The molecule has 2 aliphatic rings. The maximum atomic E-state index is 12.0. The number of piperidine rings is 1. The van der Waals surface area contributed by atoms with E-state index in [2.05, 4.69) is 32.1 Å². The Morgan fingerprint density at radius 2 is 2.20 bits per heavy atom. The van der Waals surface area contributed by atoms with Crippen molar-refractivity contribution in [2.45, 2.75) is 20.3 Å². The lowest BCUT2D eigenvalue weighted by atomic mass is 9.78. The van der Waals surface area contributed by atoms with Crippen LogP contribution in [-0.2, 0) is 4.79 Å². The van der Waals surface area contributed by atoms with Crippen molar-refractivity contribution in [3.05, 3.63) is 23.8 Å². The van der Waals surface area contributed by atoms with Crippen molar-refractivity contribution < 1.29 is 4.79 Å². The summed E-state index contributed by atoms with van der Waals surface area (Å²) in [5, 5.41) is 0. The highest BCUT2D eigenvalue weighted by Crippen LogP contribution is 2.32. The van der Waals surface area contributed by atoms with Crippen molar-refractivity contribution >= 4 is 5.91 Å². The van der Waals surface area contributed by atoms with E-state index in [0.29, 0.717) is 11.8 Å². The molecule has 1 aliphatic heterocycles. The Morgan fingerprint density at radius 1 is 1.47 bits per heavy atom. The number of rotatable bonds is 1. The highest BCUT2D eigenvalue weighted by atomic mass is 16.2. The van der Waals surface area contributed by atoms with E-state index in [1.165, 1.54) is 5.57 Å². The second kappa shape index (κ2) is 3.84. The molecule has 2 heteroatoms. The average Bonchev–Trinajstić information content (AvgIpc) is 2.23. The van der Waals surface area contributed by atoms with Gasteiger partial charge in [0.05, 0.1) is 5.92 Å². The van der Waals surface area contributed by atoms with Crippen molar-refractivity contribution in [2.24, 2.45) is 17.8 Å². The van der Waals surface area contributed by atoms with Crippen LogP contribution in [0.5, 0.6) is 0 Å². The second-order valence-corrected chi connectivity index (χ2v) is 4.92. The largest absolute Gasteiger partial charge is 0.345 e. The molecule has 0 bridgehead atoms. The van der Waals surface area contributed by atoms with Gasteiger partial charge in [-0.15, -0.1) is 0 Å². The highest BCUT2D eigenvalue weighted by Gasteiger charge is 2.33. The van der Waals surface area contributed by atoms with E-state index in [4.69, 9.17) is 0 Å². The van der Waals surface area contributed by atoms with E-state index in [9.17, 15) is 4.79 Å². The molecule has 1 aliphatic carbocycles. The van der Waals surface area contributed by atoms with Gasteiger partial charge in [0.2, 0.25) is 5.91 Å². The third-order valence-electron chi connectivity index (χ3n) is 3.50. The Balaban J connectivity index is 2.23. The Morgan fingerprint density at radius 3 is 2.87 bits per heavy atom. The van der Waals surface area contributed by atoms with E-state index >= 15 is 0 Å². The third kappa shape index (κ3) is 1.85. The van der Waals surface area contributed by atoms with Crippen LogP contribution in [0.15, 0.2) is 23.8 Å². The average molecular weight is 205 g/mol. The molecule has 82 valence electrons. The van der Waals surface area contributed by atoms with Gasteiger partial charge in [-0.05, 0) is 23.8 Å². The molecule has 0 radical (unpaired) electrons. The van der Waals surface area contributed by atoms with Gasteiger partial charge in [0.15, 0.2) is 0 Å². The van der Waals surface area contributed by atoms with E-state index < -0.39 is 0 Å². The maximum absolute atomic E-state index is 12.0. The first kappa shape index (κ1) is 10.5. The zero-order valence-corrected chi connectivity index (χ0v) is 9.73. The maximum Gasteiger partial charge on any atom is 0.229 e. The Kier molecular flexibility index (Phi) is 2.68. The van der Waals surface area contributed by atoms with Gasteiger partial charge in [0.25, 0.3) is 0 Å². The Labute approximate surface area is 91.6 Å². The molecule has 2 atom stereocenters. The molecule has 2 nitrogen and oxygen atoms in total. The van der Waals surface area contributed by atoms with Gasteiger partial charge in [-0.25, -0.2) is 0 Å². The van der Waals surface area contributed by atoms with Gasteiger partial charge in [0.1, 0.15) is 0 Å². The summed E-state index contributed by atoms with van der Waals surface area (Å²) in [7, 11) is 1.90. The molecule has 1 amide bonds. The van der Waals surface area contributed by atoms with Crippen molar-refractivity contribution in [1.82, 2.24) is 4.90 Å². The number of nitrogens with zero attached hydrogens (tertiary/aromatic N) is 1. The summed E-state index contributed by atoms with van der Waals surface area (Å²) in [5.41, 5.74) is 1.31. The zero-order valence-electron chi connectivity index (χ0n) is 9.73. The number of likely N-dealkylation sites (tertiary alicyclic amines) is 1. The van der Waals surface area contributed by atoms with Crippen LogP contribution in [-0.4, -0.2) is 24.4 Å². The van der Waals surface area contributed by atoms with Gasteiger partial charge >= 0.3 is 0 Å². The molecule has 1 saturated heterocycles. The molecule has 2 unspecified atom stereocenters. The van der Waals surface area contributed by atoms with E-state index in [-0.39, 0.29) is 11.8 Å². The molecule has 1 heterocycles. The van der Waals surface area contributed by atoms with Crippen LogP contribution in [0, 0.1) is 17.8 Å². The molecule has 0 aromatic heterocycles. The molecule has 0 aromatic rings. The summed E-state index contributed by atoms with van der Waals surface area (Å²) in [6.45, 7) is 5.25. The first-order valence-electron chi connectivity index (χ1n) is 5.74. The minimum Gasteiger partial charge on any atom is -0.345 e. The molecule has 0 saturated carbocycles. The number of carbonyl (C=O) groups is 1. The van der Waals surface area contributed by atoms with E-state index in [1.54, 1.807) is 0 Å². The smallest absolute Gasteiger partial charge is 0.229 e. The summed E-state index contributed by atoms with van der Waals surface area (Å²) < 4.78 is 0. The van der Waals surface area contributed by atoms with Gasteiger partial charge in [-0.1, -0.05) is 32.1 Å². The standard InChI is InChI=1S/C13H19NO/c1-9(2)11-5-4-10-6-7-14(3)13(15)12(10)8-11/h4-5,8-10,12H,6-7H2,1-3H3. The summed E-state index contributed by atoms with van der Waals surface area (Å²) in [4.78, 5) is 13.8. The molecule has 0 spiro atoms. The third-order valence-corrected chi connectivity index (χ3v) is 3.50. The predicted molar refractivity (Wildman–Crippen MR) is 61.3 cm³/mol. The number of carbonyl (C=O) groups excluding carboxylic acids is 1. The van der Waals surface area contributed by atoms with Crippen LogP contribution in [0.4, 0.5) is 0 Å². The van der Waals surface area contributed by atoms with Gasteiger partial charge in [0, 0.05) is 13.6 Å². The van der Waals surface area contributed by atoms with Crippen molar-refractivity contribution in [1.29, 1.82) is 0 Å². The molecule has 0 N–H and O–H groups in total. The van der Waals surface area contributed by atoms with Crippen LogP contribution in [0.25, 0.3) is 0 Å². The van der Waals surface area contributed by atoms with Gasteiger partial charge in [-0.2, -0.15) is 0 Å². The summed E-state index contributed by atoms with van der Waals surface area (Å²) in [6, 6.07) is 0. The summed E-state index contributed by atoms with van der Waals surface area (Å²) >= 11 is 0. The molecule has 15 heavy (non-hydrogen) atoms. The Hall–Kier alpha value is -1.05. The van der Waals surface area contributed by atoms with Crippen molar-refractivity contribution in [3.63, 3.8) is 0 Å². The Bertz CT molecular complexity index is 327. The topological polar surface area (TPSA) is 20.3 Å². The molecule has 2 rings (SSSR count). The lowest BCUT2D eigenvalue weighted by Crippen LogP contribution is -2.42.